The summed E-state index contributed by atoms with van der Waals surface area (Å²) in [5.41, 5.74) is 0. The van der Waals surface area contributed by atoms with Crippen molar-refractivity contribution in [1.82, 2.24) is 15.4 Å². The Balaban J connectivity index is 0.00000529. The maximum atomic E-state index is 12.0. The van der Waals surface area contributed by atoms with E-state index in [1.54, 1.807) is 11.8 Å². The average molecular weight is 492 g/mol. The minimum Gasteiger partial charge on any atom is -0.357 e. The highest BCUT2D eigenvalue weighted by atomic mass is 127. The molecule has 0 aromatic carbocycles. The van der Waals surface area contributed by atoms with Gasteiger partial charge >= 0.3 is 0 Å². The van der Waals surface area contributed by atoms with Crippen LogP contribution in [0.1, 0.15) is 40.0 Å². The smallest absolute Gasteiger partial charge is 0.213 e. The van der Waals surface area contributed by atoms with Gasteiger partial charge in [0.2, 0.25) is 10.0 Å². The van der Waals surface area contributed by atoms with E-state index in [2.05, 4.69) is 40.5 Å². The lowest BCUT2D eigenvalue weighted by Crippen LogP contribution is -2.42. The van der Waals surface area contributed by atoms with Crippen molar-refractivity contribution in [3.8, 4) is 0 Å². The van der Waals surface area contributed by atoms with Crippen LogP contribution in [-0.4, -0.2) is 57.3 Å². The fourth-order valence-corrected chi connectivity index (χ4v) is 3.19. The summed E-state index contributed by atoms with van der Waals surface area (Å²) in [5, 5.41) is 6.25. The van der Waals surface area contributed by atoms with Crippen LogP contribution in [0.15, 0.2) is 4.99 Å². The van der Waals surface area contributed by atoms with Crippen molar-refractivity contribution in [2.75, 3.05) is 38.2 Å². The van der Waals surface area contributed by atoms with E-state index in [9.17, 15) is 8.42 Å². The van der Waals surface area contributed by atoms with Gasteiger partial charge in [-0.1, -0.05) is 6.42 Å². The Kier molecular flexibility index (Phi) is 11.9. The lowest BCUT2D eigenvalue weighted by molar-refractivity contribution is 0.316. The quantitative estimate of drug-likeness (QED) is 0.247. The van der Waals surface area contributed by atoms with Crippen molar-refractivity contribution in [2.24, 2.45) is 10.9 Å². The normalized spacial score (nSPS) is 16.2. The van der Waals surface area contributed by atoms with Gasteiger partial charge < -0.3 is 10.6 Å². The zero-order chi connectivity index (χ0) is 17.3. The van der Waals surface area contributed by atoms with Crippen molar-refractivity contribution in [3.05, 3.63) is 0 Å². The third-order valence-electron chi connectivity index (χ3n) is 3.99. The summed E-state index contributed by atoms with van der Waals surface area (Å²) < 4.78 is 26.7. The van der Waals surface area contributed by atoms with E-state index >= 15 is 0 Å². The first-order chi connectivity index (χ1) is 10.8. The average Bonchev–Trinajstić information content (AvgIpc) is 2.43. The van der Waals surface area contributed by atoms with E-state index in [1.165, 1.54) is 6.42 Å². The first-order valence-electron chi connectivity index (χ1n) is 8.32. The van der Waals surface area contributed by atoms with Gasteiger partial charge in [0.1, 0.15) is 0 Å². The van der Waals surface area contributed by atoms with Crippen molar-refractivity contribution in [3.63, 3.8) is 0 Å². The lowest BCUT2D eigenvalue weighted by atomic mass is 9.86. The van der Waals surface area contributed by atoms with E-state index in [1.807, 2.05) is 6.92 Å². The number of aliphatic imine (C=N–C) groups is 1. The molecule has 1 saturated carbocycles. The standard InChI is InChI=1S/C15H32N4O2S2.HI/c1-5-16-14(18-12-15(2,3)22-4)17-9-10-23(20,21)19-11-13-7-6-8-13;/h13,19H,5-12H2,1-4H3,(H2,16,17,18);1H. The number of sulfonamides is 1. The van der Waals surface area contributed by atoms with Gasteiger partial charge in [-0.3, -0.25) is 4.99 Å². The Morgan fingerprint density at radius 1 is 1.29 bits per heavy atom. The van der Waals surface area contributed by atoms with Crippen LogP contribution in [-0.2, 0) is 10.0 Å². The molecule has 0 saturated heterocycles. The van der Waals surface area contributed by atoms with Crippen LogP contribution in [0, 0.1) is 5.92 Å². The van der Waals surface area contributed by atoms with Crippen LogP contribution in [0.5, 0.6) is 0 Å². The molecule has 0 aliphatic heterocycles. The highest BCUT2D eigenvalue weighted by Gasteiger charge is 2.20. The van der Waals surface area contributed by atoms with Crippen LogP contribution in [0.3, 0.4) is 0 Å². The van der Waals surface area contributed by atoms with Crippen LogP contribution in [0.4, 0.5) is 0 Å². The minimum atomic E-state index is -3.21. The van der Waals surface area contributed by atoms with Gasteiger partial charge in [-0.05, 0) is 45.8 Å². The van der Waals surface area contributed by atoms with Crippen molar-refractivity contribution in [1.29, 1.82) is 0 Å². The molecule has 0 heterocycles. The van der Waals surface area contributed by atoms with Crippen molar-refractivity contribution < 1.29 is 8.42 Å². The first-order valence-corrected chi connectivity index (χ1v) is 11.2. The summed E-state index contributed by atoms with van der Waals surface area (Å²) in [6.45, 7) is 8.63. The molecule has 6 nitrogen and oxygen atoms in total. The Hall–Kier alpha value is 0.260. The van der Waals surface area contributed by atoms with Gasteiger partial charge in [0.25, 0.3) is 0 Å². The molecule has 0 aromatic heterocycles. The summed E-state index contributed by atoms with van der Waals surface area (Å²) in [4.78, 5) is 4.53. The second-order valence-electron chi connectivity index (χ2n) is 6.55. The first kappa shape index (κ1) is 24.3. The molecule has 0 radical (unpaired) electrons. The van der Waals surface area contributed by atoms with Crippen LogP contribution in [0.25, 0.3) is 0 Å². The highest BCUT2D eigenvalue weighted by Crippen LogP contribution is 2.25. The second kappa shape index (κ2) is 11.8. The van der Waals surface area contributed by atoms with E-state index < -0.39 is 10.0 Å². The molecule has 3 N–H and O–H groups in total. The van der Waals surface area contributed by atoms with Crippen LogP contribution >= 0.6 is 35.7 Å². The fourth-order valence-electron chi connectivity index (χ4n) is 1.99. The third-order valence-corrected chi connectivity index (χ3v) is 6.58. The number of halogens is 1. The van der Waals surface area contributed by atoms with Crippen molar-refractivity contribution >= 4 is 51.7 Å². The molecule has 1 rings (SSSR count). The monoisotopic (exact) mass is 492 g/mol. The zero-order valence-corrected chi connectivity index (χ0v) is 19.2. The third kappa shape index (κ3) is 10.3. The van der Waals surface area contributed by atoms with E-state index in [0.717, 1.165) is 19.4 Å². The van der Waals surface area contributed by atoms with Gasteiger partial charge in [0.05, 0.1) is 12.3 Å². The van der Waals surface area contributed by atoms with E-state index in [4.69, 9.17) is 0 Å². The summed E-state index contributed by atoms with van der Waals surface area (Å²) in [6.07, 6.45) is 5.57. The Morgan fingerprint density at radius 3 is 2.46 bits per heavy atom. The topological polar surface area (TPSA) is 82.6 Å². The predicted octanol–water partition coefficient (Wildman–Crippen LogP) is 2.02. The summed E-state index contributed by atoms with van der Waals surface area (Å²) in [7, 11) is -3.21. The zero-order valence-electron chi connectivity index (χ0n) is 15.2. The van der Waals surface area contributed by atoms with Crippen LogP contribution in [0.2, 0.25) is 0 Å². The Bertz CT molecular complexity index is 480. The molecule has 0 aromatic rings. The van der Waals surface area contributed by atoms with Gasteiger partial charge in [-0.25, -0.2) is 13.1 Å². The number of guanidine groups is 1. The summed E-state index contributed by atoms with van der Waals surface area (Å²) in [5.74, 6) is 1.27. The van der Waals surface area contributed by atoms with Gasteiger partial charge in [0.15, 0.2) is 5.96 Å². The predicted molar refractivity (Wildman–Crippen MR) is 116 cm³/mol. The number of hydrogen-bond donors (Lipinski definition) is 3. The molecule has 0 amide bonds. The van der Waals surface area contributed by atoms with Gasteiger partial charge in [-0.2, -0.15) is 11.8 Å². The molecule has 1 fully saturated rings. The molecule has 0 spiro atoms. The molecule has 24 heavy (non-hydrogen) atoms. The van der Waals surface area contributed by atoms with Crippen LogP contribution < -0.4 is 15.4 Å². The molecule has 9 heteroatoms. The van der Waals surface area contributed by atoms with Gasteiger partial charge in [0, 0.05) is 24.4 Å². The van der Waals surface area contributed by atoms with Crippen molar-refractivity contribution in [2.45, 2.75) is 44.8 Å². The fraction of sp³-hybridized carbons (Fsp3) is 0.933. The van der Waals surface area contributed by atoms with Gasteiger partial charge in [-0.15, -0.1) is 24.0 Å². The molecule has 0 bridgehead atoms. The number of nitrogens with one attached hydrogen (secondary N) is 3. The minimum absolute atomic E-state index is 0. The SMILES string of the molecule is CCNC(=NCC(C)(C)SC)NCCS(=O)(=O)NCC1CCC1.I. The number of thioether (sulfide) groups is 1. The molecule has 1 aliphatic rings. The molecular formula is C15H33IN4O2S2. The molecule has 0 unspecified atom stereocenters. The highest BCUT2D eigenvalue weighted by molar-refractivity contribution is 14.0. The largest absolute Gasteiger partial charge is 0.357 e. The Labute approximate surface area is 168 Å². The molecular weight excluding hydrogens is 459 g/mol. The summed E-state index contributed by atoms with van der Waals surface area (Å²) >= 11 is 1.76. The van der Waals surface area contributed by atoms with E-state index in [0.29, 0.717) is 31.5 Å². The van der Waals surface area contributed by atoms with E-state index in [-0.39, 0.29) is 34.5 Å². The molecule has 1 aliphatic carbocycles. The summed E-state index contributed by atoms with van der Waals surface area (Å²) in [6, 6.07) is 0. The number of nitrogens with zero attached hydrogens (tertiary/aromatic N) is 1. The lowest BCUT2D eigenvalue weighted by Gasteiger charge is -2.25. The number of rotatable bonds is 10. The second-order valence-corrected chi connectivity index (χ2v) is 9.99. The molecule has 144 valence electrons. The molecule has 0 atom stereocenters. The maximum absolute atomic E-state index is 12.0. The Morgan fingerprint density at radius 2 is 1.96 bits per heavy atom. The number of hydrogen-bond acceptors (Lipinski definition) is 4. The maximum Gasteiger partial charge on any atom is 0.213 e.